The first-order valence-electron chi connectivity index (χ1n) is 12.0. The summed E-state index contributed by atoms with van der Waals surface area (Å²) in [6.45, 7) is 1.91. The van der Waals surface area contributed by atoms with Gasteiger partial charge in [0.25, 0.3) is 0 Å². The zero-order chi connectivity index (χ0) is 35.6. The summed E-state index contributed by atoms with van der Waals surface area (Å²) < 4.78 is 256. The molecular formula is C27H14F18O. The fourth-order valence-electron chi connectivity index (χ4n) is 4.30. The fraction of sp³-hybridized carbons (Fsp3) is 0.333. The van der Waals surface area contributed by atoms with Crippen LogP contribution in [0.2, 0.25) is 0 Å². The molecule has 254 valence electrons. The molecule has 1 nitrogen and oxygen atoms in total. The SMILES string of the molecule is CC(C)Oc1cc(C(F)(F)F)c(-c2cc(C(F)(F)F)cc(C(F)(F)F)c2)c(-c2cc(C(F)(F)F)cc(C(F)(F)F)c2)c1C(F)(F)F. The van der Waals surface area contributed by atoms with Crippen LogP contribution >= 0.6 is 0 Å². The van der Waals surface area contributed by atoms with Crippen LogP contribution in [0.1, 0.15) is 47.2 Å². The van der Waals surface area contributed by atoms with Crippen molar-refractivity contribution in [1.82, 2.24) is 0 Å². The van der Waals surface area contributed by atoms with Crippen molar-refractivity contribution >= 4 is 0 Å². The molecule has 0 saturated heterocycles. The second-order valence-corrected chi connectivity index (χ2v) is 9.80. The highest BCUT2D eigenvalue weighted by Crippen LogP contribution is 2.54. The van der Waals surface area contributed by atoms with E-state index in [0.717, 1.165) is 13.8 Å². The van der Waals surface area contributed by atoms with Gasteiger partial charge in [0.15, 0.2) is 0 Å². The molecule has 0 bridgehead atoms. The van der Waals surface area contributed by atoms with E-state index in [-0.39, 0.29) is 0 Å². The van der Waals surface area contributed by atoms with E-state index in [2.05, 4.69) is 0 Å². The summed E-state index contributed by atoms with van der Waals surface area (Å²) in [7, 11) is 0. The Bertz CT molecular complexity index is 1530. The van der Waals surface area contributed by atoms with Crippen molar-refractivity contribution in [2.24, 2.45) is 0 Å². The summed E-state index contributed by atoms with van der Waals surface area (Å²) in [5.41, 5.74) is -22.8. The van der Waals surface area contributed by atoms with E-state index >= 15 is 0 Å². The molecule has 19 heteroatoms. The molecule has 3 aromatic rings. The third-order valence-electron chi connectivity index (χ3n) is 6.00. The lowest BCUT2D eigenvalue weighted by atomic mass is 9.83. The molecule has 0 saturated carbocycles. The standard InChI is InChI=1S/C27H14F18O/c1-10(2)46-18-9-17(26(40,41)42)19(11-3-13(22(28,29)30)7-14(4-11)23(31,32)33)20(21(18)27(43,44)45)12-5-15(24(34,35)36)8-16(6-12)25(37,38)39/h3-10H,1-2H3. The van der Waals surface area contributed by atoms with Crippen LogP contribution in [0.5, 0.6) is 5.75 Å². The summed E-state index contributed by atoms with van der Waals surface area (Å²) in [4.78, 5) is 0. The summed E-state index contributed by atoms with van der Waals surface area (Å²) in [6, 6.07) is -3.50. The number of alkyl halides is 18. The lowest BCUT2D eigenvalue weighted by Gasteiger charge is -2.27. The van der Waals surface area contributed by atoms with Gasteiger partial charge in [0.1, 0.15) is 11.3 Å². The fourth-order valence-corrected chi connectivity index (χ4v) is 4.30. The van der Waals surface area contributed by atoms with Crippen LogP contribution in [-0.2, 0) is 37.1 Å². The normalized spacial score (nSPS) is 13.8. The molecular weight excluding hydrogens is 682 g/mol. The molecule has 0 atom stereocenters. The predicted octanol–water partition coefficient (Wildman–Crippen LogP) is 11.9. The molecule has 0 unspecified atom stereocenters. The lowest BCUT2D eigenvalue weighted by molar-refractivity contribution is -0.144. The molecule has 0 spiro atoms. The molecule has 0 aliphatic carbocycles. The van der Waals surface area contributed by atoms with Gasteiger partial charge in [0.2, 0.25) is 0 Å². The third-order valence-corrected chi connectivity index (χ3v) is 6.00. The predicted molar refractivity (Wildman–Crippen MR) is 123 cm³/mol. The van der Waals surface area contributed by atoms with E-state index in [1.165, 1.54) is 0 Å². The highest BCUT2D eigenvalue weighted by molar-refractivity contribution is 5.91. The topological polar surface area (TPSA) is 9.23 Å². The van der Waals surface area contributed by atoms with Gasteiger partial charge in [-0.1, -0.05) is 0 Å². The Kier molecular flexibility index (Phi) is 9.14. The van der Waals surface area contributed by atoms with Crippen molar-refractivity contribution in [3.05, 3.63) is 75.8 Å². The Balaban J connectivity index is 2.84. The molecule has 0 aliphatic rings. The van der Waals surface area contributed by atoms with E-state index in [1.54, 1.807) is 0 Å². The van der Waals surface area contributed by atoms with Gasteiger partial charge in [0.05, 0.1) is 33.9 Å². The van der Waals surface area contributed by atoms with Crippen molar-refractivity contribution in [3.63, 3.8) is 0 Å². The Hall–Kier alpha value is -3.80. The van der Waals surface area contributed by atoms with Crippen LogP contribution in [0.25, 0.3) is 22.3 Å². The summed E-state index contributed by atoms with van der Waals surface area (Å²) >= 11 is 0. The van der Waals surface area contributed by atoms with Gasteiger partial charge >= 0.3 is 37.1 Å². The first-order valence-corrected chi connectivity index (χ1v) is 12.0. The minimum absolute atomic E-state index is 0.454. The maximum absolute atomic E-state index is 14.6. The van der Waals surface area contributed by atoms with E-state index in [1.807, 2.05) is 0 Å². The number of halogens is 18. The zero-order valence-corrected chi connectivity index (χ0v) is 22.3. The van der Waals surface area contributed by atoms with Crippen LogP contribution in [0.3, 0.4) is 0 Å². The molecule has 0 heterocycles. The Labute approximate surface area is 245 Å². The third kappa shape index (κ3) is 7.94. The second kappa shape index (κ2) is 11.5. The minimum atomic E-state index is -6.04. The molecule has 0 aromatic heterocycles. The van der Waals surface area contributed by atoms with Crippen molar-refractivity contribution in [1.29, 1.82) is 0 Å². The highest BCUT2D eigenvalue weighted by Gasteiger charge is 2.47. The number of hydrogen-bond donors (Lipinski definition) is 0. The van der Waals surface area contributed by atoms with Crippen LogP contribution in [0, 0.1) is 0 Å². The lowest BCUT2D eigenvalue weighted by Crippen LogP contribution is -2.19. The molecule has 46 heavy (non-hydrogen) atoms. The Morgan fingerprint density at radius 2 is 0.739 bits per heavy atom. The van der Waals surface area contributed by atoms with E-state index in [4.69, 9.17) is 4.74 Å². The number of hydrogen-bond acceptors (Lipinski definition) is 1. The van der Waals surface area contributed by atoms with Gasteiger partial charge in [-0.05, 0) is 67.4 Å². The number of benzene rings is 3. The van der Waals surface area contributed by atoms with Crippen molar-refractivity contribution in [2.75, 3.05) is 0 Å². The van der Waals surface area contributed by atoms with Gasteiger partial charge in [-0.2, -0.15) is 79.0 Å². The molecule has 0 fully saturated rings. The molecule has 3 rings (SSSR count). The van der Waals surface area contributed by atoms with Crippen molar-refractivity contribution in [2.45, 2.75) is 57.0 Å². The van der Waals surface area contributed by atoms with Crippen LogP contribution in [-0.4, -0.2) is 6.10 Å². The maximum Gasteiger partial charge on any atom is 0.420 e. The maximum atomic E-state index is 14.6. The van der Waals surface area contributed by atoms with Crippen LogP contribution in [0.15, 0.2) is 42.5 Å². The van der Waals surface area contributed by atoms with Gasteiger partial charge in [-0.15, -0.1) is 0 Å². The molecule has 0 aliphatic heterocycles. The average Bonchev–Trinajstić information content (AvgIpc) is 2.83. The van der Waals surface area contributed by atoms with E-state index in [9.17, 15) is 79.0 Å². The van der Waals surface area contributed by atoms with Crippen molar-refractivity contribution < 1.29 is 83.8 Å². The number of rotatable bonds is 4. The second-order valence-electron chi connectivity index (χ2n) is 9.80. The van der Waals surface area contributed by atoms with Gasteiger partial charge in [-0.3, -0.25) is 0 Å². The Morgan fingerprint density at radius 1 is 0.413 bits per heavy atom. The molecule has 0 amide bonds. The van der Waals surface area contributed by atoms with Crippen LogP contribution < -0.4 is 4.74 Å². The molecule has 3 aromatic carbocycles. The first-order chi connectivity index (χ1) is 20.4. The summed E-state index contributed by atoms with van der Waals surface area (Å²) in [6.07, 6.45) is -36.7. The van der Waals surface area contributed by atoms with Gasteiger partial charge < -0.3 is 4.74 Å². The smallest absolute Gasteiger partial charge is 0.420 e. The number of ether oxygens (including phenoxy) is 1. The average molecular weight is 696 g/mol. The van der Waals surface area contributed by atoms with E-state index in [0.29, 0.717) is 0 Å². The molecule has 0 N–H and O–H groups in total. The quantitative estimate of drug-likeness (QED) is 0.247. The zero-order valence-electron chi connectivity index (χ0n) is 22.3. The van der Waals surface area contributed by atoms with E-state index < -0.39 is 147 Å². The summed E-state index contributed by atoms with van der Waals surface area (Å²) in [5, 5.41) is 0. The first kappa shape index (κ1) is 36.7. The van der Waals surface area contributed by atoms with Gasteiger partial charge in [0, 0.05) is 11.1 Å². The monoisotopic (exact) mass is 696 g/mol. The highest BCUT2D eigenvalue weighted by atomic mass is 19.4. The largest absolute Gasteiger partial charge is 0.490 e. The summed E-state index contributed by atoms with van der Waals surface area (Å²) in [5.74, 6) is -1.84. The minimum Gasteiger partial charge on any atom is -0.490 e. The molecule has 0 radical (unpaired) electrons. The van der Waals surface area contributed by atoms with Crippen LogP contribution in [0.4, 0.5) is 79.0 Å². The van der Waals surface area contributed by atoms with Crippen molar-refractivity contribution in [3.8, 4) is 28.0 Å². The Morgan fingerprint density at radius 3 is 1.00 bits per heavy atom. The van der Waals surface area contributed by atoms with Gasteiger partial charge in [-0.25, -0.2) is 0 Å².